The van der Waals surface area contributed by atoms with Gasteiger partial charge in [0.1, 0.15) is 11.6 Å². The Balaban J connectivity index is 2.12. The number of nitrogens with one attached hydrogen (secondary N) is 1. The van der Waals surface area contributed by atoms with Crippen molar-refractivity contribution >= 4 is 5.82 Å². The summed E-state index contributed by atoms with van der Waals surface area (Å²) >= 11 is 0. The molecular weight excluding hydrogens is 240 g/mol. The standard InChI is InChI=1S/C14H14N4O/c1-2-6-17-13-9-16-10-14(18-13)19-12-5-3-4-11(7-12)8-15/h3-5,7,9-10H,2,6H2,1H3,(H,17,18). The maximum atomic E-state index is 8.83. The van der Waals surface area contributed by atoms with E-state index < -0.39 is 0 Å². The molecule has 0 saturated heterocycles. The summed E-state index contributed by atoms with van der Waals surface area (Å²) in [6.45, 7) is 2.91. The van der Waals surface area contributed by atoms with E-state index in [0.29, 0.717) is 23.0 Å². The highest BCUT2D eigenvalue weighted by molar-refractivity contribution is 5.39. The minimum atomic E-state index is 0.399. The third-order valence-corrected chi connectivity index (χ3v) is 2.35. The van der Waals surface area contributed by atoms with Crippen LogP contribution in [0.15, 0.2) is 36.7 Å². The minimum absolute atomic E-state index is 0.399. The summed E-state index contributed by atoms with van der Waals surface area (Å²) in [6, 6.07) is 8.98. The zero-order valence-electron chi connectivity index (χ0n) is 10.6. The van der Waals surface area contributed by atoms with Crippen LogP contribution >= 0.6 is 0 Å². The van der Waals surface area contributed by atoms with Crippen LogP contribution in [0.4, 0.5) is 5.82 Å². The maximum Gasteiger partial charge on any atom is 0.239 e. The highest BCUT2D eigenvalue weighted by Gasteiger charge is 2.02. The molecule has 5 nitrogen and oxygen atoms in total. The van der Waals surface area contributed by atoms with Gasteiger partial charge in [-0.3, -0.25) is 4.98 Å². The lowest BCUT2D eigenvalue weighted by Gasteiger charge is -2.07. The van der Waals surface area contributed by atoms with E-state index >= 15 is 0 Å². The summed E-state index contributed by atoms with van der Waals surface area (Å²) in [5.74, 6) is 1.65. The molecular formula is C14H14N4O. The number of hydrogen-bond acceptors (Lipinski definition) is 5. The van der Waals surface area contributed by atoms with E-state index in [4.69, 9.17) is 10.00 Å². The Morgan fingerprint density at radius 3 is 3.05 bits per heavy atom. The molecule has 1 aromatic heterocycles. The van der Waals surface area contributed by atoms with Gasteiger partial charge in [-0.15, -0.1) is 0 Å². The minimum Gasteiger partial charge on any atom is -0.437 e. The maximum absolute atomic E-state index is 8.83. The SMILES string of the molecule is CCCNc1cncc(Oc2cccc(C#N)c2)n1. The van der Waals surface area contributed by atoms with Crippen molar-refractivity contribution in [2.75, 3.05) is 11.9 Å². The van der Waals surface area contributed by atoms with E-state index in [1.807, 2.05) is 0 Å². The first kappa shape index (κ1) is 12.8. The van der Waals surface area contributed by atoms with Crippen molar-refractivity contribution in [3.05, 3.63) is 42.2 Å². The number of benzene rings is 1. The van der Waals surface area contributed by atoms with Gasteiger partial charge >= 0.3 is 0 Å². The molecule has 2 aromatic rings. The largest absolute Gasteiger partial charge is 0.437 e. The van der Waals surface area contributed by atoms with Crippen LogP contribution in [0.3, 0.4) is 0 Å². The molecule has 0 radical (unpaired) electrons. The molecule has 1 heterocycles. The number of hydrogen-bond donors (Lipinski definition) is 1. The van der Waals surface area contributed by atoms with Gasteiger partial charge in [-0.05, 0) is 24.6 Å². The Kier molecular flexibility index (Phi) is 4.29. The van der Waals surface area contributed by atoms with E-state index in [9.17, 15) is 0 Å². The predicted octanol–water partition coefficient (Wildman–Crippen LogP) is 2.96. The summed E-state index contributed by atoms with van der Waals surface area (Å²) in [4.78, 5) is 8.34. The van der Waals surface area contributed by atoms with Crippen LogP contribution < -0.4 is 10.1 Å². The zero-order valence-corrected chi connectivity index (χ0v) is 10.6. The smallest absolute Gasteiger partial charge is 0.239 e. The number of ether oxygens (including phenoxy) is 1. The van der Waals surface area contributed by atoms with Crippen molar-refractivity contribution in [2.45, 2.75) is 13.3 Å². The quantitative estimate of drug-likeness (QED) is 0.888. The predicted molar refractivity (Wildman–Crippen MR) is 72.0 cm³/mol. The molecule has 0 fully saturated rings. The average Bonchev–Trinajstić information content (AvgIpc) is 2.46. The van der Waals surface area contributed by atoms with Crippen LogP contribution in [0.2, 0.25) is 0 Å². The summed E-state index contributed by atoms with van der Waals surface area (Å²) < 4.78 is 5.58. The Labute approximate surface area is 111 Å². The molecule has 0 bridgehead atoms. The normalized spacial score (nSPS) is 9.68. The Morgan fingerprint density at radius 2 is 2.26 bits per heavy atom. The fourth-order valence-corrected chi connectivity index (χ4v) is 1.49. The first-order valence-electron chi connectivity index (χ1n) is 6.05. The molecule has 0 atom stereocenters. The van der Waals surface area contributed by atoms with E-state index in [2.05, 4.69) is 28.3 Å². The first-order chi connectivity index (χ1) is 9.31. The molecule has 0 amide bonds. The summed E-state index contributed by atoms with van der Waals surface area (Å²) in [7, 11) is 0. The topological polar surface area (TPSA) is 70.8 Å². The van der Waals surface area contributed by atoms with Crippen LogP contribution in [0, 0.1) is 11.3 Å². The Hall–Kier alpha value is -2.61. The zero-order chi connectivity index (χ0) is 13.5. The van der Waals surface area contributed by atoms with E-state index in [1.54, 1.807) is 30.5 Å². The fourth-order valence-electron chi connectivity index (χ4n) is 1.49. The highest BCUT2D eigenvalue weighted by atomic mass is 16.5. The van der Waals surface area contributed by atoms with Crippen molar-refractivity contribution in [3.8, 4) is 17.7 Å². The van der Waals surface area contributed by atoms with Gasteiger partial charge in [-0.25, -0.2) is 0 Å². The average molecular weight is 254 g/mol. The van der Waals surface area contributed by atoms with Gasteiger partial charge in [0.2, 0.25) is 5.88 Å². The third kappa shape index (κ3) is 3.68. The second-order valence-electron chi connectivity index (χ2n) is 3.91. The molecule has 0 aliphatic carbocycles. The molecule has 0 saturated carbocycles. The van der Waals surface area contributed by atoms with Crippen LogP contribution in [-0.2, 0) is 0 Å². The Bertz CT molecular complexity index is 592. The molecule has 0 spiro atoms. The summed E-state index contributed by atoms with van der Waals surface area (Å²) in [5, 5.41) is 12.0. The molecule has 1 N–H and O–H groups in total. The van der Waals surface area contributed by atoms with Gasteiger partial charge in [0.05, 0.1) is 24.0 Å². The molecule has 1 aromatic carbocycles. The number of rotatable bonds is 5. The number of anilines is 1. The van der Waals surface area contributed by atoms with Crippen molar-refractivity contribution in [1.29, 1.82) is 5.26 Å². The van der Waals surface area contributed by atoms with Gasteiger partial charge in [0, 0.05) is 6.54 Å². The van der Waals surface area contributed by atoms with Gasteiger partial charge in [-0.2, -0.15) is 10.2 Å². The second-order valence-corrected chi connectivity index (χ2v) is 3.91. The first-order valence-corrected chi connectivity index (χ1v) is 6.05. The Morgan fingerprint density at radius 1 is 1.37 bits per heavy atom. The van der Waals surface area contributed by atoms with Gasteiger partial charge in [0.25, 0.3) is 0 Å². The second kappa shape index (κ2) is 6.36. The molecule has 5 heteroatoms. The summed E-state index contributed by atoms with van der Waals surface area (Å²) in [6.07, 6.45) is 4.20. The van der Waals surface area contributed by atoms with Gasteiger partial charge in [-0.1, -0.05) is 13.0 Å². The number of nitriles is 1. The fraction of sp³-hybridized carbons (Fsp3) is 0.214. The molecule has 2 rings (SSSR count). The monoisotopic (exact) mass is 254 g/mol. The van der Waals surface area contributed by atoms with Gasteiger partial charge in [0.15, 0.2) is 0 Å². The lowest BCUT2D eigenvalue weighted by atomic mass is 10.2. The molecule has 96 valence electrons. The molecule has 0 unspecified atom stereocenters. The molecule has 0 aliphatic rings. The van der Waals surface area contributed by atoms with Crippen LogP contribution in [0.5, 0.6) is 11.6 Å². The van der Waals surface area contributed by atoms with Crippen molar-refractivity contribution in [2.24, 2.45) is 0 Å². The van der Waals surface area contributed by atoms with Crippen molar-refractivity contribution < 1.29 is 4.74 Å². The summed E-state index contributed by atoms with van der Waals surface area (Å²) in [5.41, 5.74) is 0.547. The van der Waals surface area contributed by atoms with Crippen LogP contribution in [0.1, 0.15) is 18.9 Å². The lowest BCUT2D eigenvalue weighted by Crippen LogP contribution is -2.02. The highest BCUT2D eigenvalue weighted by Crippen LogP contribution is 2.20. The third-order valence-electron chi connectivity index (χ3n) is 2.35. The van der Waals surface area contributed by atoms with Gasteiger partial charge < -0.3 is 10.1 Å². The van der Waals surface area contributed by atoms with E-state index in [-0.39, 0.29) is 0 Å². The lowest BCUT2D eigenvalue weighted by molar-refractivity contribution is 0.460. The van der Waals surface area contributed by atoms with E-state index in [0.717, 1.165) is 13.0 Å². The number of aromatic nitrogens is 2. The van der Waals surface area contributed by atoms with E-state index in [1.165, 1.54) is 6.20 Å². The molecule has 19 heavy (non-hydrogen) atoms. The number of nitrogens with zero attached hydrogens (tertiary/aromatic N) is 3. The van der Waals surface area contributed by atoms with Crippen molar-refractivity contribution in [1.82, 2.24) is 9.97 Å². The van der Waals surface area contributed by atoms with Crippen LogP contribution in [0.25, 0.3) is 0 Å². The van der Waals surface area contributed by atoms with Crippen molar-refractivity contribution in [3.63, 3.8) is 0 Å². The molecule has 0 aliphatic heterocycles. The van der Waals surface area contributed by atoms with Crippen LogP contribution in [-0.4, -0.2) is 16.5 Å².